The van der Waals surface area contributed by atoms with Crippen LogP contribution in [-0.2, 0) is 9.63 Å². The smallest absolute Gasteiger partial charge is 0.268 e. The van der Waals surface area contributed by atoms with Crippen LogP contribution in [-0.4, -0.2) is 64.0 Å². The molecule has 2 aromatic heterocycles. The predicted molar refractivity (Wildman–Crippen MR) is 146 cm³/mol. The van der Waals surface area contributed by atoms with Gasteiger partial charge in [0.15, 0.2) is 5.65 Å². The molecule has 6 rings (SSSR count). The Balaban J connectivity index is 1.13. The van der Waals surface area contributed by atoms with E-state index in [2.05, 4.69) is 30.8 Å². The number of pyridine rings is 1. The summed E-state index contributed by atoms with van der Waals surface area (Å²) in [5, 5.41) is 14.5. The number of nitrogens with zero attached hydrogens (tertiary/aromatic N) is 5. The molecular weight excluding hydrogens is 482 g/mol. The van der Waals surface area contributed by atoms with Crippen LogP contribution in [0.25, 0.3) is 16.9 Å². The Morgan fingerprint density at radius 1 is 1.03 bits per heavy atom. The van der Waals surface area contributed by atoms with Crippen LogP contribution in [0.4, 0.5) is 17.3 Å². The normalized spacial score (nSPS) is 17.0. The third-order valence-corrected chi connectivity index (χ3v) is 6.65. The van der Waals surface area contributed by atoms with Crippen molar-refractivity contribution < 1.29 is 14.4 Å². The molecule has 2 aliphatic rings. The van der Waals surface area contributed by atoms with Crippen LogP contribution in [0.15, 0.2) is 71.9 Å². The van der Waals surface area contributed by atoms with E-state index in [1.54, 1.807) is 10.7 Å². The summed E-state index contributed by atoms with van der Waals surface area (Å²) in [7, 11) is 0. The number of hydrogen-bond acceptors (Lipinski definition) is 8. The molecule has 0 bridgehead atoms. The maximum absolute atomic E-state index is 12.4. The summed E-state index contributed by atoms with van der Waals surface area (Å²) in [6, 6.07) is 21.2. The largest absolute Gasteiger partial charge is 0.492 e. The highest BCUT2D eigenvalue weighted by molar-refractivity contribution is 5.96. The molecule has 38 heavy (non-hydrogen) atoms. The van der Waals surface area contributed by atoms with Gasteiger partial charge in [-0.2, -0.15) is 4.98 Å². The lowest BCUT2D eigenvalue weighted by Gasteiger charge is -2.15. The Hall–Kier alpha value is -4.44. The summed E-state index contributed by atoms with van der Waals surface area (Å²) >= 11 is 0. The topological polar surface area (TPSA) is 105 Å². The molecule has 1 amide bonds. The molecule has 10 heteroatoms. The minimum absolute atomic E-state index is 0.229. The van der Waals surface area contributed by atoms with E-state index in [1.807, 2.05) is 66.7 Å². The van der Waals surface area contributed by atoms with E-state index in [0.29, 0.717) is 30.3 Å². The quantitative estimate of drug-likeness (QED) is 0.345. The zero-order chi connectivity index (χ0) is 25.7. The number of hydrogen-bond donors (Lipinski definition) is 2. The fraction of sp³-hybridized carbons (Fsp3) is 0.286. The van der Waals surface area contributed by atoms with Gasteiger partial charge in [0.05, 0.1) is 5.69 Å². The Labute approximate surface area is 220 Å². The fourth-order valence-corrected chi connectivity index (χ4v) is 4.67. The van der Waals surface area contributed by atoms with Crippen molar-refractivity contribution in [3.63, 3.8) is 0 Å². The van der Waals surface area contributed by atoms with E-state index in [1.165, 1.54) is 25.9 Å². The molecule has 0 aliphatic carbocycles. The van der Waals surface area contributed by atoms with E-state index < -0.39 is 6.10 Å². The van der Waals surface area contributed by atoms with Crippen molar-refractivity contribution in [3.05, 3.63) is 66.7 Å². The Morgan fingerprint density at radius 3 is 2.68 bits per heavy atom. The first-order valence-corrected chi connectivity index (χ1v) is 12.9. The van der Waals surface area contributed by atoms with Crippen molar-refractivity contribution in [1.29, 1.82) is 0 Å². The first-order chi connectivity index (χ1) is 18.7. The molecule has 0 radical (unpaired) electrons. The van der Waals surface area contributed by atoms with Gasteiger partial charge in [0, 0.05) is 36.1 Å². The highest BCUT2D eigenvalue weighted by Gasteiger charge is 2.23. The van der Waals surface area contributed by atoms with Crippen LogP contribution in [0.1, 0.15) is 19.3 Å². The van der Waals surface area contributed by atoms with Crippen molar-refractivity contribution in [2.24, 2.45) is 5.16 Å². The second kappa shape index (κ2) is 10.9. The summed E-state index contributed by atoms with van der Waals surface area (Å²) < 4.78 is 7.69. The number of ether oxygens (including phenoxy) is 1. The number of aromatic nitrogens is 3. The van der Waals surface area contributed by atoms with Gasteiger partial charge in [-0.25, -0.2) is 4.52 Å². The van der Waals surface area contributed by atoms with E-state index in [-0.39, 0.29) is 5.91 Å². The number of amides is 1. The molecule has 2 N–H and O–H groups in total. The summed E-state index contributed by atoms with van der Waals surface area (Å²) in [6.07, 6.45) is 4.04. The standard InChI is InChI=1S/C28H29N7O3/c36-27(25-13-14-29-38-25)30-22-6-3-5-20(19-22)24-7-4-8-26-32-28(33-35(24)26)31-21-9-11-23(12-10-21)37-18-17-34-15-1-2-16-34/h3-12,14,19,25H,1-2,13,15-18H2,(H,30,36)(H,31,33). The van der Waals surface area contributed by atoms with Crippen LogP contribution < -0.4 is 15.4 Å². The van der Waals surface area contributed by atoms with Crippen molar-refractivity contribution >= 4 is 35.1 Å². The van der Waals surface area contributed by atoms with Gasteiger partial charge in [0.25, 0.3) is 5.91 Å². The van der Waals surface area contributed by atoms with E-state index in [4.69, 9.17) is 9.57 Å². The van der Waals surface area contributed by atoms with Gasteiger partial charge in [0.2, 0.25) is 12.1 Å². The number of carbonyl (C=O) groups excluding carboxylic acids is 1. The maximum Gasteiger partial charge on any atom is 0.268 e. The number of carbonyl (C=O) groups is 1. The number of likely N-dealkylation sites (tertiary alicyclic amines) is 1. The van der Waals surface area contributed by atoms with Gasteiger partial charge in [-0.3, -0.25) is 9.69 Å². The molecule has 10 nitrogen and oxygen atoms in total. The van der Waals surface area contributed by atoms with Crippen LogP contribution in [0.5, 0.6) is 5.75 Å². The zero-order valence-corrected chi connectivity index (χ0v) is 20.9. The summed E-state index contributed by atoms with van der Waals surface area (Å²) in [6.45, 7) is 4.01. The molecule has 1 atom stereocenters. The second-order valence-electron chi connectivity index (χ2n) is 9.35. The molecule has 194 valence electrons. The first-order valence-electron chi connectivity index (χ1n) is 12.9. The lowest BCUT2D eigenvalue weighted by Crippen LogP contribution is -2.27. The Morgan fingerprint density at radius 2 is 1.87 bits per heavy atom. The second-order valence-corrected chi connectivity index (χ2v) is 9.35. The molecule has 2 aliphatic heterocycles. The summed E-state index contributed by atoms with van der Waals surface area (Å²) in [4.78, 5) is 24.6. The van der Waals surface area contributed by atoms with Gasteiger partial charge in [-0.1, -0.05) is 23.4 Å². The van der Waals surface area contributed by atoms with Crippen molar-refractivity contribution in [2.45, 2.75) is 25.4 Å². The van der Waals surface area contributed by atoms with Crippen molar-refractivity contribution in [2.75, 3.05) is 36.9 Å². The molecule has 0 spiro atoms. The third kappa shape index (κ3) is 5.45. The lowest BCUT2D eigenvalue weighted by atomic mass is 10.1. The molecule has 4 heterocycles. The predicted octanol–water partition coefficient (Wildman–Crippen LogP) is 4.33. The SMILES string of the molecule is O=C(Nc1cccc(-c2cccc3nc(Nc4ccc(OCCN5CCCC5)cc4)nn23)c1)C1CC=NO1. The molecule has 0 saturated carbocycles. The van der Waals surface area contributed by atoms with Gasteiger partial charge in [-0.05, 0) is 74.5 Å². The monoisotopic (exact) mass is 511 g/mol. The Kier molecular flexibility index (Phi) is 6.86. The summed E-state index contributed by atoms with van der Waals surface area (Å²) in [5.74, 6) is 1.11. The fourth-order valence-electron chi connectivity index (χ4n) is 4.67. The van der Waals surface area contributed by atoms with Crippen LogP contribution >= 0.6 is 0 Å². The van der Waals surface area contributed by atoms with Crippen molar-refractivity contribution in [3.8, 4) is 17.0 Å². The van der Waals surface area contributed by atoms with Crippen LogP contribution in [0, 0.1) is 0 Å². The number of oxime groups is 1. The highest BCUT2D eigenvalue weighted by atomic mass is 16.6. The maximum atomic E-state index is 12.4. The molecule has 4 aromatic rings. The van der Waals surface area contributed by atoms with Gasteiger partial charge < -0.3 is 20.2 Å². The van der Waals surface area contributed by atoms with Gasteiger partial charge in [-0.15, -0.1) is 5.10 Å². The first kappa shape index (κ1) is 23.9. The van der Waals surface area contributed by atoms with Crippen molar-refractivity contribution in [1.82, 2.24) is 19.5 Å². The van der Waals surface area contributed by atoms with E-state index >= 15 is 0 Å². The number of rotatable bonds is 9. The Bertz CT molecular complexity index is 1440. The van der Waals surface area contributed by atoms with E-state index in [9.17, 15) is 4.79 Å². The molecule has 1 fully saturated rings. The lowest BCUT2D eigenvalue weighted by molar-refractivity contribution is -0.125. The number of fused-ring (bicyclic) bond motifs is 1. The molecule has 1 saturated heterocycles. The zero-order valence-electron chi connectivity index (χ0n) is 20.9. The average Bonchev–Trinajstić information content (AvgIpc) is 3.72. The van der Waals surface area contributed by atoms with Crippen LogP contribution in [0.3, 0.4) is 0 Å². The van der Waals surface area contributed by atoms with Gasteiger partial charge in [0.1, 0.15) is 12.4 Å². The number of benzene rings is 2. The average molecular weight is 512 g/mol. The third-order valence-electron chi connectivity index (χ3n) is 6.65. The van der Waals surface area contributed by atoms with E-state index in [0.717, 1.165) is 29.2 Å². The number of anilines is 3. The minimum atomic E-state index is -0.596. The highest BCUT2D eigenvalue weighted by Crippen LogP contribution is 2.25. The number of nitrogens with one attached hydrogen (secondary N) is 2. The van der Waals surface area contributed by atoms with Gasteiger partial charge >= 0.3 is 0 Å². The summed E-state index contributed by atoms with van der Waals surface area (Å²) in [5.41, 5.74) is 3.99. The minimum Gasteiger partial charge on any atom is -0.492 e. The molecular formula is C28H29N7O3. The molecule has 2 aromatic carbocycles. The van der Waals surface area contributed by atoms with Crippen LogP contribution in [0.2, 0.25) is 0 Å². The molecule has 1 unspecified atom stereocenters.